The Morgan fingerprint density at radius 2 is 2.00 bits per heavy atom. The van der Waals surface area contributed by atoms with Crippen LogP contribution < -0.4 is 0 Å². The molecule has 0 unspecified atom stereocenters. The molecule has 0 aliphatic carbocycles. The molecule has 0 aromatic heterocycles. The topological polar surface area (TPSA) is 0 Å². The standard InChI is InChI=1S/CH4P2S5/c1-5-2-6-3(7-2)8-4/h4H,1H3. The van der Waals surface area contributed by atoms with Gasteiger partial charge in [0.05, 0.1) is 11.1 Å². The van der Waals surface area contributed by atoms with Crippen molar-refractivity contribution in [3.05, 3.63) is 0 Å². The van der Waals surface area contributed by atoms with Crippen molar-refractivity contribution < 1.29 is 0 Å². The molecule has 1 aliphatic rings. The molecule has 1 saturated heterocycles. The molecule has 8 heavy (non-hydrogen) atoms. The molecular weight excluding hydrogens is 234 g/mol. The zero-order chi connectivity index (χ0) is 5.98. The molecule has 1 rings (SSSR count). The van der Waals surface area contributed by atoms with Gasteiger partial charge in [0.2, 0.25) is 0 Å². The maximum absolute atomic E-state index is 4.13. The summed E-state index contributed by atoms with van der Waals surface area (Å²) in [5.41, 5.74) is 0.450. The number of hydrogen-bond acceptors (Lipinski definition) is 5. The lowest BCUT2D eigenvalue weighted by molar-refractivity contribution is 2.54. The van der Waals surface area contributed by atoms with Crippen LogP contribution in [0.3, 0.4) is 0 Å². The minimum Gasteiger partial charge on any atom is -0.115 e. The summed E-state index contributed by atoms with van der Waals surface area (Å²) >= 11 is 10.4. The van der Waals surface area contributed by atoms with E-state index >= 15 is 0 Å². The van der Waals surface area contributed by atoms with E-state index in [1.807, 2.05) is 11.4 Å². The van der Waals surface area contributed by atoms with E-state index in [1.165, 1.54) is 0 Å². The van der Waals surface area contributed by atoms with Crippen LogP contribution in [0, 0.1) is 0 Å². The van der Waals surface area contributed by atoms with Gasteiger partial charge in [-0.3, -0.25) is 0 Å². The third-order valence-corrected chi connectivity index (χ3v) is 31.0. The van der Waals surface area contributed by atoms with Gasteiger partial charge in [-0.05, 0) is 16.7 Å². The zero-order valence-electron chi connectivity index (χ0n) is 3.97. The minimum absolute atomic E-state index is 0.181. The summed E-state index contributed by atoms with van der Waals surface area (Å²) in [6.07, 6.45) is 2.18. The van der Waals surface area contributed by atoms with E-state index in [1.54, 1.807) is 10.4 Å². The first-order valence-corrected chi connectivity index (χ1v) is 12.7. The number of hydrogen-bond donors (Lipinski definition) is 1. The molecule has 0 amide bonds. The second kappa shape index (κ2) is 4.48. The Morgan fingerprint density at radius 3 is 2.38 bits per heavy atom. The molecule has 0 saturated carbocycles. The Balaban J connectivity index is 2.03. The Kier molecular flexibility index (Phi) is 4.87. The lowest BCUT2D eigenvalue weighted by Crippen LogP contribution is -1.57. The summed E-state index contributed by atoms with van der Waals surface area (Å²) in [6, 6.07) is 0. The van der Waals surface area contributed by atoms with Gasteiger partial charge < -0.3 is 0 Å². The van der Waals surface area contributed by atoms with Crippen LogP contribution >= 0.6 is 66.5 Å². The molecule has 0 aromatic carbocycles. The zero-order valence-corrected chi connectivity index (χ0v) is 9.92. The summed E-state index contributed by atoms with van der Waals surface area (Å²) < 4.78 is 0. The largest absolute Gasteiger partial charge is 0.115 e. The third kappa shape index (κ3) is 2.34. The molecule has 0 aromatic rings. The average Bonchev–Trinajstić information content (AvgIpc) is 1.65. The van der Waals surface area contributed by atoms with Crippen LogP contribution in [0.15, 0.2) is 0 Å². The maximum Gasteiger partial charge on any atom is 0.0956 e. The van der Waals surface area contributed by atoms with E-state index < -0.39 is 0 Å². The Bertz CT molecular complexity index is 62.8. The fourth-order valence-corrected chi connectivity index (χ4v) is 35.2. The SMILES string of the molecule is CSP1SP(SS)S1. The fourth-order valence-electron chi connectivity index (χ4n) is 0.211. The molecule has 0 nitrogen and oxygen atoms in total. The van der Waals surface area contributed by atoms with Crippen molar-refractivity contribution in [3.8, 4) is 0 Å². The predicted octanol–water partition coefficient (Wildman–Crippen LogP) is 4.86. The van der Waals surface area contributed by atoms with E-state index in [4.69, 9.17) is 0 Å². The first-order valence-electron chi connectivity index (χ1n) is 1.69. The molecule has 0 bridgehead atoms. The summed E-state index contributed by atoms with van der Waals surface area (Å²) in [5, 5.41) is 0. The van der Waals surface area contributed by atoms with Gasteiger partial charge in [-0.1, -0.05) is 22.0 Å². The Hall–Kier alpha value is 2.61. The molecular formula is CH4P2S5. The van der Waals surface area contributed by atoms with Gasteiger partial charge in [0.25, 0.3) is 0 Å². The first-order chi connectivity index (χ1) is 3.86. The van der Waals surface area contributed by atoms with E-state index in [0.29, 0.717) is 0 Å². The van der Waals surface area contributed by atoms with Crippen LogP contribution in [0.1, 0.15) is 0 Å². The van der Waals surface area contributed by atoms with E-state index in [0.717, 1.165) is 0 Å². The summed E-state index contributed by atoms with van der Waals surface area (Å²) in [4.78, 5) is 0. The first kappa shape index (κ1) is 8.70. The third-order valence-electron chi connectivity index (χ3n) is 0.482. The van der Waals surface area contributed by atoms with Crippen molar-refractivity contribution in [2.45, 2.75) is 0 Å². The number of thiol groups is 1. The van der Waals surface area contributed by atoms with Gasteiger partial charge in [-0.15, -0.1) is 23.0 Å². The normalized spacial score (nSPS) is 36.8. The van der Waals surface area contributed by atoms with Crippen molar-refractivity contribution in [3.63, 3.8) is 0 Å². The summed E-state index contributed by atoms with van der Waals surface area (Å²) in [7, 11) is 1.72. The highest BCUT2D eigenvalue weighted by Gasteiger charge is 2.30. The molecule has 1 aliphatic heterocycles. The fraction of sp³-hybridized carbons (Fsp3) is 1.00. The highest BCUT2D eigenvalue weighted by atomic mass is 33.9. The second-order valence-electron chi connectivity index (χ2n) is 0.875. The second-order valence-corrected chi connectivity index (χ2v) is 20.3. The predicted molar refractivity (Wildman–Crippen MR) is 59.1 cm³/mol. The van der Waals surface area contributed by atoms with Crippen LogP contribution in [0.2, 0.25) is 0 Å². The number of rotatable bonds is 2. The van der Waals surface area contributed by atoms with Gasteiger partial charge in [0.15, 0.2) is 0 Å². The molecule has 0 atom stereocenters. The van der Waals surface area contributed by atoms with Gasteiger partial charge in [0.1, 0.15) is 0 Å². The molecule has 1 fully saturated rings. The molecule has 7 heteroatoms. The molecule has 48 valence electrons. The van der Waals surface area contributed by atoms with Crippen LogP contribution in [-0.4, -0.2) is 6.26 Å². The lowest BCUT2D eigenvalue weighted by Gasteiger charge is -2.28. The summed E-state index contributed by atoms with van der Waals surface area (Å²) in [5.74, 6) is 0. The lowest BCUT2D eigenvalue weighted by atomic mass is 12.0. The monoisotopic (exact) mass is 238 g/mol. The smallest absolute Gasteiger partial charge is 0.0956 e. The summed E-state index contributed by atoms with van der Waals surface area (Å²) in [6.45, 7) is 0. The van der Waals surface area contributed by atoms with Crippen molar-refractivity contribution in [1.29, 1.82) is 0 Å². The Labute approximate surface area is 72.3 Å². The quantitative estimate of drug-likeness (QED) is 0.414. The van der Waals surface area contributed by atoms with E-state index in [9.17, 15) is 0 Å². The van der Waals surface area contributed by atoms with Gasteiger partial charge in [0, 0.05) is 0 Å². The molecule has 1 heterocycles. The van der Waals surface area contributed by atoms with Crippen LogP contribution in [0.25, 0.3) is 0 Å². The van der Waals surface area contributed by atoms with Gasteiger partial charge in [-0.2, -0.15) is 0 Å². The Morgan fingerprint density at radius 1 is 1.38 bits per heavy atom. The van der Waals surface area contributed by atoms with E-state index in [-0.39, 0.29) is 11.1 Å². The van der Waals surface area contributed by atoms with E-state index in [2.05, 4.69) is 39.9 Å². The molecule has 0 N–H and O–H groups in total. The highest BCUT2D eigenvalue weighted by Crippen LogP contribution is 3.04. The maximum atomic E-state index is 4.13. The van der Waals surface area contributed by atoms with Crippen molar-refractivity contribution in [2.75, 3.05) is 6.26 Å². The van der Waals surface area contributed by atoms with Crippen LogP contribution in [0.4, 0.5) is 0 Å². The van der Waals surface area contributed by atoms with Crippen molar-refractivity contribution in [2.24, 2.45) is 0 Å². The van der Waals surface area contributed by atoms with Gasteiger partial charge in [-0.25, -0.2) is 0 Å². The highest BCUT2D eigenvalue weighted by molar-refractivity contribution is 9.57. The molecule has 0 spiro atoms. The van der Waals surface area contributed by atoms with Crippen LogP contribution in [-0.2, 0) is 0 Å². The van der Waals surface area contributed by atoms with Crippen molar-refractivity contribution in [1.82, 2.24) is 0 Å². The molecule has 0 radical (unpaired) electrons. The average molecular weight is 238 g/mol. The van der Waals surface area contributed by atoms with Gasteiger partial charge >= 0.3 is 0 Å². The van der Waals surface area contributed by atoms with Crippen molar-refractivity contribution >= 4 is 66.5 Å². The van der Waals surface area contributed by atoms with Crippen LogP contribution in [0.5, 0.6) is 0 Å². The minimum atomic E-state index is 0.181.